The minimum absolute atomic E-state index is 0.414. The molecule has 6 heteroatoms. The van der Waals surface area contributed by atoms with Gasteiger partial charge in [0.15, 0.2) is 6.61 Å². The molecule has 0 atom stereocenters. The van der Waals surface area contributed by atoms with Crippen LogP contribution in [0, 0.1) is 0 Å². The molecular formula is C12H10N2O3S. The Morgan fingerprint density at radius 3 is 2.89 bits per heavy atom. The first-order valence-electron chi connectivity index (χ1n) is 5.14. The van der Waals surface area contributed by atoms with E-state index in [0.717, 1.165) is 10.2 Å². The number of esters is 1. The fraction of sp³-hybridized carbons (Fsp3) is 0.0833. The van der Waals surface area contributed by atoms with Gasteiger partial charge >= 0.3 is 5.97 Å². The molecule has 1 amide bonds. The molecule has 5 nitrogen and oxygen atoms in total. The molecular weight excluding hydrogens is 252 g/mol. The van der Waals surface area contributed by atoms with Crippen molar-refractivity contribution in [1.82, 2.24) is 4.98 Å². The maximum Gasteiger partial charge on any atom is 0.331 e. The summed E-state index contributed by atoms with van der Waals surface area (Å²) >= 11 is 1.47. The number of benzene rings is 1. The SMILES string of the molecule is NC(=O)COC(=O)/C=C/c1nc2ccccc2s1. The van der Waals surface area contributed by atoms with Crippen molar-refractivity contribution in [2.75, 3.05) is 6.61 Å². The number of ether oxygens (including phenoxy) is 1. The van der Waals surface area contributed by atoms with Gasteiger partial charge in [-0.15, -0.1) is 11.3 Å². The van der Waals surface area contributed by atoms with Crippen LogP contribution in [-0.2, 0) is 14.3 Å². The molecule has 0 aliphatic rings. The highest BCUT2D eigenvalue weighted by Crippen LogP contribution is 2.22. The second-order valence-electron chi connectivity index (χ2n) is 3.43. The molecule has 18 heavy (non-hydrogen) atoms. The third kappa shape index (κ3) is 3.14. The molecule has 1 aromatic carbocycles. The molecule has 0 spiro atoms. The zero-order valence-corrected chi connectivity index (χ0v) is 10.1. The second kappa shape index (κ2) is 5.42. The molecule has 2 N–H and O–H groups in total. The highest BCUT2D eigenvalue weighted by Gasteiger charge is 2.02. The van der Waals surface area contributed by atoms with Crippen molar-refractivity contribution in [1.29, 1.82) is 0 Å². The van der Waals surface area contributed by atoms with E-state index in [1.807, 2.05) is 24.3 Å². The summed E-state index contributed by atoms with van der Waals surface area (Å²) in [6.07, 6.45) is 2.77. The van der Waals surface area contributed by atoms with Gasteiger partial charge in [0, 0.05) is 6.08 Å². The number of hydrogen-bond donors (Lipinski definition) is 1. The van der Waals surface area contributed by atoms with E-state index in [1.165, 1.54) is 17.4 Å². The Hall–Kier alpha value is -2.21. The Balaban J connectivity index is 2.04. The van der Waals surface area contributed by atoms with Gasteiger partial charge < -0.3 is 10.5 Å². The molecule has 0 aliphatic heterocycles. The number of nitrogens with two attached hydrogens (primary N) is 1. The van der Waals surface area contributed by atoms with E-state index in [2.05, 4.69) is 9.72 Å². The zero-order chi connectivity index (χ0) is 13.0. The van der Waals surface area contributed by atoms with Crippen LogP contribution in [0.5, 0.6) is 0 Å². The van der Waals surface area contributed by atoms with Crippen molar-refractivity contribution in [3.05, 3.63) is 35.3 Å². The first-order valence-corrected chi connectivity index (χ1v) is 5.95. The van der Waals surface area contributed by atoms with E-state index in [-0.39, 0.29) is 0 Å². The summed E-state index contributed by atoms with van der Waals surface area (Å²) in [7, 11) is 0. The van der Waals surface area contributed by atoms with Gasteiger partial charge in [-0.05, 0) is 18.2 Å². The molecule has 0 bridgehead atoms. The van der Waals surface area contributed by atoms with Gasteiger partial charge in [0.25, 0.3) is 5.91 Å². The molecule has 1 aromatic heterocycles. The second-order valence-corrected chi connectivity index (χ2v) is 4.49. The summed E-state index contributed by atoms with van der Waals surface area (Å²) in [4.78, 5) is 25.9. The van der Waals surface area contributed by atoms with Crippen molar-refractivity contribution in [2.24, 2.45) is 5.73 Å². The topological polar surface area (TPSA) is 82.3 Å². The van der Waals surface area contributed by atoms with E-state index in [0.29, 0.717) is 5.01 Å². The largest absolute Gasteiger partial charge is 0.452 e. The number of amides is 1. The summed E-state index contributed by atoms with van der Waals surface area (Å²) in [6.45, 7) is -0.414. The van der Waals surface area contributed by atoms with Gasteiger partial charge in [-0.2, -0.15) is 0 Å². The van der Waals surface area contributed by atoms with Gasteiger partial charge in [-0.3, -0.25) is 4.79 Å². The van der Waals surface area contributed by atoms with Gasteiger partial charge in [-0.25, -0.2) is 9.78 Å². The molecule has 0 saturated carbocycles. The minimum atomic E-state index is -0.684. The number of primary amides is 1. The smallest absolute Gasteiger partial charge is 0.331 e. The average Bonchev–Trinajstić information content (AvgIpc) is 2.76. The summed E-state index contributed by atoms with van der Waals surface area (Å²) in [5.41, 5.74) is 5.73. The van der Waals surface area contributed by atoms with E-state index in [9.17, 15) is 9.59 Å². The molecule has 1 heterocycles. The third-order valence-electron chi connectivity index (χ3n) is 2.03. The standard InChI is InChI=1S/C12H10N2O3S/c13-10(15)7-17-12(16)6-5-11-14-8-3-1-2-4-9(8)18-11/h1-6H,7H2,(H2,13,15)/b6-5+. The number of fused-ring (bicyclic) bond motifs is 1. The molecule has 92 valence electrons. The van der Waals surface area contributed by atoms with Crippen LogP contribution in [-0.4, -0.2) is 23.5 Å². The molecule has 0 radical (unpaired) electrons. The molecule has 0 fully saturated rings. The fourth-order valence-corrected chi connectivity index (χ4v) is 2.16. The average molecular weight is 262 g/mol. The molecule has 0 unspecified atom stereocenters. The van der Waals surface area contributed by atoms with E-state index < -0.39 is 18.5 Å². The summed E-state index contributed by atoms with van der Waals surface area (Å²) in [5, 5.41) is 0.701. The van der Waals surface area contributed by atoms with Crippen LogP contribution in [0.25, 0.3) is 16.3 Å². The number of carbonyl (C=O) groups excluding carboxylic acids is 2. The van der Waals surface area contributed by atoms with Crippen LogP contribution in [0.15, 0.2) is 30.3 Å². The van der Waals surface area contributed by atoms with Gasteiger partial charge in [0.1, 0.15) is 5.01 Å². The van der Waals surface area contributed by atoms with Crippen molar-refractivity contribution in [2.45, 2.75) is 0 Å². The van der Waals surface area contributed by atoms with Crippen molar-refractivity contribution < 1.29 is 14.3 Å². The van der Waals surface area contributed by atoms with Crippen molar-refractivity contribution >= 4 is 39.5 Å². The van der Waals surface area contributed by atoms with E-state index in [4.69, 9.17) is 5.73 Å². The number of para-hydroxylation sites is 1. The first-order chi connectivity index (χ1) is 8.65. The Labute approximate surface area is 107 Å². The van der Waals surface area contributed by atoms with E-state index >= 15 is 0 Å². The predicted molar refractivity (Wildman–Crippen MR) is 68.8 cm³/mol. The van der Waals surface area contributed by atoms with Crippen molar-refractivity contribution in [3.63, 3.8) is 0 Å². The third-order valence-corrected chi connectivity index (χ3v) is 3.03. The molecule has 2 rings (SSSR count). The number of thiazole rings is 1. The van der Waals surface area contributed by atoms with Crippen LogP contribution in [0.1, 0.15) is 5.01 Å². The number of rotatable bonds is 4. The van der Waals surface area contributed by atoms with Crippen LogP contribution in [0.4, 0.5) is 0 Å². The lowest BCUT2D eigenvalue weighted by atomic mass is 10.3. The molecule has 0 aliphatic carbocycles. The summed E-state index contributed by atoms with van der Waals surface area (Å²) < 4.78 is 5.62. The number of hydrogen-bond acceptors (Lipinski definition) is 5. The zero-order valence-electron chi connectivity index (χ0n) is 9.33. The Morgan fingerprint density at radius 1 is 1.39 bits per heavy atom. The monoisotopic (exact) mass is 262 g/mol. The Morgan fingerprint density at radius 2 is 2.17 bits per heavy atom. The lowest BCUT2D eigenvalue weighted by Gasteiger charge is -1.95. The number of carbonyl (C=O) groups is 2. The minimum Gasteiger partial charge on any atom is -0.452 e. The van der Waals surface area contributed by atoms with Crippen molar-refractivity contribution in [3.8, 4) is 0 Å². The number of aromatic nitrogens is 1. The fourth-order valence-electron chi connectivity index (χ4n) is 1.29. The Kier molecular flexibility index (Phi) is 3.69. The van der Waals surface area contributed by atoms with Gasteiger partial charge in [0.05, 0.1) is 10.2 Å². The first kappa shape index (κ1) is 12.3. The lowest BCUT2D eigenvalue weighted by molar-refractivity contribution is -0.142. The highest BCUT2D eigenvalue weighted by atomic mass is 32.1. The highest BCUT2D eigenvalue weighted by molar-refractivity contribution is 7.19. The lowest BCUT2D eigenvalue weighted by Crippen LogP contribution is -2.19. The maximum absolute atomic E-state index is 11.2. The Bertz CT molecular complexity index is 586. The maximum atomic E-state index is 11.2. The molecule has 0 saturated heterocycles. The molecule has 2 aromatic rings. The predicted octanol–water partition coefficient (Wildman–Crippen LogP) is 1.34. The summed E-state index contributed by atoms with van der Waals surface area (Å²) in [6, 6.07) is 7.68. The van der Waals surface area contributed by atoms with Gasteiger partial charge in [0.2, 0.25) is 0 Å². The normalized spacial score (nSPS) is 10.9. The quantitative estimate of drug-likeness (QED) is 0.665. The summed E-state index contributed by atoms with van der Waals surface area (Å²) in [5.74, 6) is -1.30. The van der Waals surface area contributed by atoms with Crippen LogP contribution in [0.2, 0.25) is 0 Å². The van der Waals surface area contributed by atoms with Crippen LogP contribution >= 0.6 is 11.3 Å². The van der Waals surface area contributed by atoms with Gasteiger partial charge in [-0.1, -0.05) is 12.1 Å². The van der Waals surface area contributed by atoms with Crippen LogP contribution < -0.4 is 5.73 Å². The van der Waals surface area contributed by atoms with E-state index in [1.54, 1.807) is 6.08 Å². The number of nitrogens with zero attached hydrogens (tertiary/aromatic N) is 1. The van der Waals surface area contributed by atoms with Crippen LogP contribution in [0.3, 0.4) is 0 Å².